The van der Waals surface area contributed by atoms with Gasteiger partial charge in [0.2, 0.25) is 0 Å². The molecule has 3 rings (SSSR count). The van der Waals surface area contributed by atoms with Crippen molar-refractivity contribution in [2.45, 2.75) is 39.0 Å². The first-order valence-corrected chi connectivity index (χ1v) is 4.21. The highest BCUT2D eigenvalue weighted by atomic mass is 14.4. The number of hydrogen-bond donors (Lipinski definition) is 0. The van der Waals surface area contributed by atoms with Crippen molar-refractivity contribution in [2.24, 2.45) is 11.8 Å². The van der Waals surface area contributed by atoms with Crippen molar-refractivity contribution in [2.75, 3.05) is 0 Å². The monoisotopic (exact) mass is 123 g/mol. The van der Waals surface area contributed by atoms with Crippen molar-refractivity contribution < 1.29 is 0 Å². The molecule has 0 heteroatoms. The molecule has 1 radical (unpaired) electrons. The Kier molecular flexibility index (Phi) is 1.28. The van der Waals surface area contributed by atoms with Crippen molar-refractivity contribution in [1.82, 2.24) is 0 Å². The molecule has 0 aromatic heterocycles. The molecular formula is C9H15. The molecule has 3 aliphatic rings. The fraction of sp³-hybridized carbons (Fsp3) is 0.889. The Balaban J connectivity index is 2.06. The number of fused-ring (bicyclic) bond motifs is 3. The maximum absolute atomic E-state index is 2.40. The zero-order chi connectivity index (χ0) is 6.27. The summed E-state index contributed by atoms with van der Waals surface area (Å²) in [6, 6.07) is 0. The van der Waals surface area contributed by atoms with E-state index >= 15 is 0 Å². The molecule has 3 aliphatic carbocycles. The van der Waals surface area contributed by atoms with Crippen LogP contribution in [0.2, 0.25) is 0 Å². The molecule has 0 N–H and O–H groups in total. The maximum atomic E-state index is 2.40. The molecule has 0 aromatic carbocycles. The minimum absolute atomic E-state index is 0.984. The van der Waals surface area contributed by atoms with Gasteiger partial charge in [0, 0.05) is 0 Å². The molecule has 3 fully saturated rings. The molecule has 0 amide bonds. The van der Waals surface area contributed by atoms with Gasteiger partial charge in [-0.25, -0.2) is 0 Å². The van der Waals surface area contributed by atoms with Gasteiger partial charge in [0.25, 0.3) is 0 Å². The predicted octanol–water partition coefficient (Wildman–Crippen LogP) is 2.79. The summed E-state index contributed by atoms with van der Waals surface area (Å²) < 4.78 is 0. The highest BCUT2D eigenvalue weighted by molar-refractivity contribution is 5.04. The van der Waals surface area contributed by atoms with E-state index in [4.69, 9.17) is 0 Å². The van der Waals surface area contributed by atoms with Crippen molar-refractivity contribution >= 4 is 0 Å². The van der Waals surface area contributed by atoms with Crippen LogP contribution in [0.3, 0.4) is 0 Å². The minimum atomic E-state index is 0.984. The third-order valence-electron chi connectivity index (χ3n) is 3.13. The fourth-order valence-corrected chi connectivity index (χ4v) is 2.44. The first-order chi connectivity index (χ1) is 4.36. The van der Waals surface area contributed by atoms with Crippen LogP contribution in [0.15, 0.2) is 0 Å². The van der Waals surface area contributed by atoms with Gasteiger partial charge in [0.1, 0.15) is 0 Å². The fourth-order valence-electron chi connectivity index (χ4n) is 2.44. The second-order valence-electron chi connectivity index (χ2n) is 3.74. The Morgan fingerprint density at radius 1 is 1.22 bits per heavy atom. The molecule has 3 saturated carbocycles. The highest BCUT2D eigenvalue weighted by Gasteiger charge is 2.32. The van der Waals surface area contributed by atoms with Gasteiger partial charge in [-0.15, -0.1) is 0 Å². The molecule has 0 saturated heterocycles. The molecule has 9 heavy (non-hydrogen) atoms. The SMILES string of the molecule is CC1CC2CC[C]1CC2. The van der Waals surface area contributed by atoms with Crippen molar-refractivity contribution in [3.05, 3.63) is 5.92 Å². The Hall–Kier alpha value is 0. The Bertz CT molecular complexity index is 98.6. The Labute approximate surface area is 57.6 Å². The topological polar surface area (TPSA) is 0 Å². The highest BCUT2D eigenvalue weighted by Crippen LogP contribution is 2.45. The molecule has 51 valence electrons. The van der Waals surface area contributed by atoms with Gasteiger partial charge >= 0.3 is 0 Å². The van der Waals surface area contributed by atoms with E-state index in [-0.39, 0.29) is 0 Å². The molecule has 0 nitrogen and oxygen atoms in total. The van der Waals surface area contributed by atoms with Gasteiger partial charge in [-0.05, 0) is 49.9 Å². The van der Waals surface area contributed by atoms with E-state index < -0.39 is 0 Å². The quantitative estimate of drug-likeness (QED) is 0.464. The summed E-state index contributed by atoms with van der Waals surface area (Å²) in [6.07, 6.45) is 7.46. The standard InChI is InChI=1S/C9H15/c1-7-6-8-2-4-9(7)5-3-8/h7-8H,2-6H2,1H3. The largest absolute Gasteiger partial charge is 0.0619 e. The first-order valence-electron chi connectivity index (χ1n) is 4.21. The summed E-state index contributed by atoms with van der Waals surface area (Å²) in [5.74, 6) is 3.97. The summed E-state index contributed by atoms with van der Waals surface area (Å²) >= 11 is 0. The Morgan fingerprint density at radius 2 is 1.89 bits per heavy atom. The first kappa shape index (κ1) is 5.76. The molecule has 0 aromatic rings. The zero-order valence-electron chi connectivity index (χ0n) is 6.19. The lowest BCUT2D eigenvalue weighted by Gasteiger charge is -2.40. The van der Waals surface area contributed by atoms with Gasteiger partial charge < -0.3 is 0 Å². The van der Waals surface area contributed by atoms with Crippen molar-refractivity contribution in [1.29, 1.82) is 0 Å². The van der Waals surface area contributed by atoms with Gasteiger partial charge in [0.15, 0.2) is 0 Å². The number of hydrogen-bond acceptors (Lipinski definition) is 0. The van der Waals surface area contributed by atoms with Crippen LogP contribution in [0.5, 0.6) is 0 Å². The van der Waals surface area contributed by atoms with E-state index in [0.29, 0.717) is 0 Å². The average Bonchev–Trinajstić information content (AvgIpc) is 1.90. The van der Waals surface area contributed by atoms with E-state index in [1.54, 1.807) is 0 Å². The summed E-state index contributed by atoms with van der Waals surface area (Å²) in [5.41, 5.74) is 0. The maximum Gasteiger partial charge on any atom is -0.0212 e. The normalized spacial score (nSPS) is 43.7. The molecule has 0 aliphatic heterocycles. The van der Waals surface area contributed by atoms with Crippen LogP contribution >= 0.6 is 0 Å². The van der Waals surface area contributed by atoms with Gasteiger partial charge in [-0.1, -0.05) is 6.92 Å². The van der Waals surface area contributed by atoms with E-state index in [9.17, 15) is 0 Å². The number of rotatable bonds is 0. The summed E-state index contributed by atoms with van der Waals surface area (Å²) in [7, 11) is 0. The van der Waals surface area contributed by atoms with Crippen LogP contribution in [0.4, 0.5) is 0 Å². The van der Waals surface area contributed by atoms with Gasteiger partial charge in [0.05, 0.1) is 0 Å². The lowest BCUT2D eigenvalue weighted by molar-refractivity contribution is 0.223. The Morgan fingerprint density at radius 3 is 2.11 bits per heavy atom. The lowest BCUT2D eigenvalue weighted by Crippen LogP contribution is -2.27. The summed E-state index contributed by atoms with van der Waals surface area (Å²) in [5, 5.41) is 0. The van der Waals surface area contributed by atoms with Crippen LogP contribution in [-0.4, -0.2) is 0 Å². The smallest absolute Gasteiger partial charge is 0.0212 e. The summed E-state index contributed by atoms with van der Waals surface area (Å²) in [4.78, 5) is 0. The van der Waals surface area contributed by atoms with Crippen LogP contribution in [0.1, 0.15) is 39.0 Å². The lowest BCUT2D eigenvalue weighted by atomic mass is 9.65. The molecule has 0 spiro atoms. The average molecular weight is 123 g/mol. The van der Waals surface area contributed by atoms with Crippen LogP contribution in [0, 0.1) is 17.8 Å². The molecule has 1 atom stereocenters. The van der Waals surface area contributed by atoms with Crippen LogP contribution in [-0.2, 0) is 0 Å². The van der Waals surface area contributed by atoms with E-state index in [2.05, 4.69) is 6.92 Å². The third-order valence-corrected chi connectivity index (χ3v) is 3.13. The van der Waals surface area contributed by atoms with Crippen molar-refractivity contribution in [3.8, 4) is 0 Å². The second-order valence-corrected chi connectivity index (χ2v) is 3.74. The van der Waals surface area contributed by atoms with Gasteiger partial charge in [-0.3, -0.25) is 0 Å². The molecular weight excluding hydrogens is 108 g/mol. The predicted molar refractivity (Wildman–Crippen MR) is 39.0 cm³/mol. The third kappa shape index (κ3) is 0.889. The van der Waals surface area contributed by atoms with E-state index in [0.717, 1.165) is 11.8 Å². The van der Waals surface area contributed by atoms with Crippen LogP contribution < -0.4 is 0 Å². The zero-order valence-corrected chi connectivity index (χ0v) is 6.19. The van der Waals surface area contributed by atoms with Crippen molar-refractivity contribution in [3.63, 3.8) is 0 Å². The molecule has 0 heterocycles. The van der Waals surface area contributed by atoms with E-state index in [1.165, 1.54) is 32.1 Å². The molecule has 1 unspecified atom stereocenters. The van der Waals surface area contributed by atoms with Crippen LogP contribution in [0.25, 0.3) is 0 Å². The van der Waals surface area contributed by atoms with E-state index in [1.807, 2.05) is 5.92 Å². The summed E-state index contributed by atoms with van der Waals surface area (Å²) in [6.45, 7) is 2.40. The second kappa shape index (κ2) is 2.00. The molecule has 2 bridgehead atoms. The van der Waals surface area contributed by atoms with Gasteiger partial charge in [-0.2, -0.15) is 0 Å². The minimum Gasteiger partial charge on any atom is -0.0619 e.